The van der Waals surface area contributed by atoms with Gasteiger partial charge in [-0.3, -0.25) is 6.08 Å². The molecule has 0 unspecified atom stereocenters. The summed E-state index contributed by atoms with van der Waals surface area (Å²) in [7, 11) is 0. The summed E-state index contributed by atoms with van der Waals surface area (Å²) in [5, 5.41) is 0. The first-order valence-electron chi connectivity index (χ1n) is 20.0. The third-order valence-corrected chi connectivity index (χ3v) is 12.2. The summed E-state index contributed by atoms with van der Waals surface area (Å²) in [4.78, 5) is 0. The second-order valence-corrected chi connectivity index (χ2v) is 18.6. The van der Waals surface area contributed by atoms with Crippen LogP contribution in [0.25, 0.3) is 11.1 Å². The van der Waals surface area contributed by atoms with Crippen molar-refractivity contribution in [1.82, 2.24) is 0 Å². The van der Waals surface area contributed by atoms with Gasteiger partial charge in [0, 0.05) is 0 Å². The molecule has 0 fully saturated rings. The van der Waals surface area contributed by atoms with Crippen LogP contribution in [0.3, 0.4) is 0 Å². The summed E-state index contributed by atoms with van der Waals surface area (Å²) in [6, 6.07) is 54.6. The van der Waals surface area contributed by atoms with Crippen molar-refractivity contribution < 1.29 is 49.0 Å². The van der Waals surface area contributed by atoms with E-state index in [-0.39, 0.29) is 47.5 Å². The van der Waals surface area contributed by atoms with E-state index in [9.17, 15) is 0 Å². The molecule has 0 amide bonds. The second kappa shape index (κ2) is 20.9. The van der Waals surface area contributed by atoms with Crippen LogP contribution in [0.4, 0.5) is 0 Å². The number of allylic oxidation sites excluding steroid dienone is 4. The van der Waals surface area contributed by atoms with Gasteiger partial charge in [0.25, 0.3) is 0 Å². The molecule has 6 aromatic rings. The van der Waals surface area contributed by atoms with E-state index in [0.29, 0.717) is 0 Å². The molecular formula is C55H56Cl2Zr-2. The Kier molecular flexibility index (Phi) is 16.9. The van der Waals surface area contributed by atoms with Crippen LogP contribution in [-0.4, -0.2) is 3.21 Å². The fourth-order valence-electron chi connectivity index (χ4n) is 8.21. The minimum absolute atomic E-state index is 0. The van der Waals surface area contributed by atoms with Crippen molar-refractivity contribution in [3.8, 4) is 11.1 Å². The molecule has 0 radical (unpaired) electrons. The van der Waals surface area contributed by atoms with Crippen LogP contribution in [0.1, 0.15) is 115 Å². The van der Waals surface area contributed by atoms with E-state index in [4.69, 9.17) is 0 Å². The van der Waals surface area contributed by atoms with E-state index in [0.717, 1.165) is 12.8 Å². The molecule has 0 bridgehead atoms. The molecule has 0 atom stereocenters. The standard InChI is InChI=1S/C27H22.C23H29.C5H5.2ClH.Zr/c1-5-13-22(14-6-1)26(23-15-7-2-8-16-23)21-27(24-17-9-3-10-18-24)25-19-11-4-12-20-25;1-14-9-16-11-17-10-15(2)21(23(6,7)8)13-19(17)18(16)12-20(14)22(3,4)5;1-2-4-5-3-1;;;/h1-20,26-27H;9,12-13H,11H2,1-8H3;1-3H,4H2;2*1H;/q;2*-1;;;+2/p-2. The normalized spacial score (nSPS) is 12.3. The van der Waals surface area contributed by atoms with E-state index in [2.05, 4.69) is 213 Å². The summed E-state index contributed by atoms with van der Waals surface area (Å²) >= 11 is 1.47. The molecule has 0 aromatic heterocycles. The molecule has 2 aliphatic rings. The molecular weight excluding hydrogens is 823 g/mol. The van der Waals surface area contributed by atoms with Gasteiger partial charge in [-0.2, -0.15) is 23.8 Å². The average molecular weight is 879 g/mol. The van der Waals surface area contributed by atoms with Gasteiger partial charge in [-0.15, -0.1) is 23.1 Å². The van der Waals surface area contributed by atoms with Gasteiger partial charge in [-0.1, -0.05) is 71.6 Å². The number of rotatable bonds is 6. The summed E-state index contributed by atoms with van der Waals surface area (Å²) in [6.45, 7) is 18.2. The molecule has 0 aliphatic heterocycles. The Hall–Kier alpha value is -3.87. The third-order valence-electron chi connectivity index (χ3n) is 10.8. The minimum atomic E-state index is 0. The Morgan fingerprint density at radius 3 is 1.33 bits per heavy atom. The van der Waals surface area contributed by atoms with Gasteiger partial charge < -0.3 is 24.8 Å². The van der Waals surface area contributed by atoms with Crippen LogP contribution >= 0.6 is 0 Å². The van der Waals surface area contributed by atoms with Crippen molar-refractivity contribution in [2.45, 2.75) is 90.9 Å². The quantitative estimate of drug-likeness (QED) is 0.149. The van der Waals surface area contributed by atoms with Gasteiger partial charge in [0.2, 0.25) is 0 Å². The molecule has 0 saturated carbocycles. The number of aryl methyl sites for hydroxylation is 2. The van der Waals surface area contributed by atoms with E-state index in [1.165, 1.54) is 94.2 Å². The predicted molar refractivity (Wildman–Crippen MR) is 236 cm³/mol. The van der Waals surface area contributed by atoms with Gasteiger partial charge in [0.15, 0.2) is 0 Å². The van der Waals surface area contributed by atoms with Crippen LogP contribution in [-0.2, 0) is 41.5 Å². The van der Waals surface area contributed by atoms with Crippen molar-refractivity contribution in [2.24, 2.45) is 0 Å². The molecule has 8 rings (SSSR count). The summed E-state index contributed by atoms with van der Waals surface area (Å²) < 4.78 is 1.53. The predicted octanol–water partition coefficient (Wildman–Crippen LogP) is 7.95. The maximum atomic E-state index is 3.69. The first-order chi connectivity index (χ1) is 26.8. The topological polar surface area (TPSA) is 0 Å². The van der Waals surface area contributed by atoms with Gasteiger partial charge in [-0.25, -0.2) is 12.2 Å². The zero-order valence-corrected chi connectivity index (χ0v) is 39.3. The number of hydrogen-bond donors (Lipinski definition) is 0. The number of hydrogen-bond acceptors (Lipinski definition) is 0. The zero-order valence-electron chi connectivity index (χ0n) is 35.3. The number of halogens is 2. The van der Waals surface area contributed by atoms with Crippen molar-refractivity contribution in [2.75, 3.05) is 0 Å². The van der Waals surface area contributed by atoms with E-state index in [1.54, 1.807) is 0 Å². The fraction of sp³-hybridized carbons (Fsp3) is 0.255. The molecule has 2 aliphatic carbocycles. The first-order valence-corrected chi connectivity index (χ1v) is 21.3. The van der Waals surface area contributed by atoms with Crippen molar-refractivity contribution in [3.05, 3.63) is 226 Å². The molecule has 58 heavy (non-hydrogen) atoms. The van der Waals surface area contributed by atoms with E-state index in [1.807, 2.05) is 12.2 Å². The van der Waals surface area contributed by atoms with Crippen molar-refractivity contribution in [3.63, 3.8) is 0 Å². The summed E-state index contributed by atoms with van der Waals surface area (Å²) in [5.74, 6) is 0.567. The molecule has 0 spiro atoms. The third kappa shape index (κ3) is 11.4. The monoisotopic (exact) mass is 876 g/mol. The van der Waals surface area contributed by atoms with E-state index < -0.39 is 0 Å². The number of fused-ring (bicyclic) bond motifs is 3. The van der Waals surface area contributed by atoms with Crippen LogP contribution in [0.5, 0.6) is 0 Å². The summed E-state index contributed by atoms with van der Waals surface area (Å²) in [5.41, 5.74) is 17.0. The second-order valence-electron chi connectivity index (χ2n) is 17.2. The molecule has 0 heterocycles. The van der Waals surface area contributed by atoms with E-state index >= 15 is 0 Å². The Balaban J connectivity index is 0.000000225. The Bertz CT molecular complexity index is 2050. The Morgan fingerprint density at radius 1 is 0.569 bits per heavy atom. The molecule has 0 saturated heterocycles. The molecule has 0 nitrogen and oxygen atoms in total. The summed E-state index contributed by atoms with van der Waals surface area (Å²) in [6.07, 6.45) is 11.0. The Morgan fingerprint density at radius 2 is 0.983 bits per heavy atom. The molecule has 3 heteroatoms. The first kappa shape index (κ1) is 46.8. The van der Waals surface area contributed by atoms with Gasteiger partial charge in [0.05, 0.1) is 0 Å². The van der Waals surface area contributed by atoms with Crippen LogP contribution in [0, 0.1) is 26.0 Å². The molecule has 0 N–H and O–H groups in total. The van der Waals surface area contributed by atoms with Crippen molar-refractivity contribution >= 4 is 3.21 Å². The van der Waals surface area contributed by atoms with Gasteiger partial charge in [-0.05, 0) is 35.4 Å². The zero-order chi connectivity index (χ0) is 39.9. The SMILES string of the molecule is Cc1[c-]c2c(cc1C(C)(C)C)-c1cc(C(C)(C)C)c(C)cc1C2.[C-]1=CC=CC1.[Cl-].[Cl-].[Zr+2]=[C](C(c1ccccc1)c1ccccc1)C(c1ccccc1)c1ccccc1. The molecule has 296 valence electrons. The average Bonchev–Trinajstić information content (AvgIpc) is 3.88. The van der Waals surface area contributed by atoms with Gasteiger partial charge in [0.1, 0.15) is 0 Å². The maximum absolute atomic E-state index is 3.69. The van der Waals surface area contributed by atoms with Gasteiger partial charge >= 0.3 is 183 Å². The fourth-order valence-corrected chi connectivity index (χ4v) is 9.85. The van der Waals surface area contributed by atoms with Crippen molar-refractivity contribution in [1.29, 1.82) is 0 Å². The number of benzene rings is 6. The van der Waals surface area contributed by atoms with Crippen LogP contribution < -0.4 is 24.8 Å². The molecule has 6 aromatic carbocycles. The van der Waals surface area contributed by atoms with Crippen LogP contribution in [0.15, 0.2) is 158 Å². The van der Waals surface area contributed by atoms with Crippen LogP contribution in [0.2, 0.25) is 0 Å². The Labute approximate surface area is 377 Å².